The fourth-order valence-corrected chi connectivity index (χ4v) is 3.33. The summed E-state index contributed by atoms with van der Waals surface area (Å²) in [5, 5.41) is 10.7. The monoisotopic (exact) mass is 435 g/mol. The Kier molecular flexibility index (Phi) is 4.57. The standard InChI is InChI=1S/C22H14BrNO4/c1-12-2-6-19(25)17(8-12)21(26)13-3-5-18(24-11-13)16-10-14-9-15(23)4-7-20(14)28-22(16)27/h2-11,25H,1H3. The van der Waals surface area contributed by atoms with E-state index in [0.29, 0.717) is 22.4 Å². The van der Waals surface area contributed by atoms with Crippen LogP contribution in [0.15, 0.2) is 74.5 Å². The molecule has 6 heteroatoms. The van der Waals surface area contributed by atoms with Gasteiger partial charge in [0.25, 0.3) is 0 Å². The summed E-state index contributed by atoms with van der Waals surface area (Å²) in [5.74, 6) is -0.421. The van der Waals surface area contributed by atoms with Crippen molar-refractivity contribution in [2.24, 2.45) is 0 Å². The van der Waals surface area contributed by atoms with E-state index in [1.807, 2.05) is 13.0 Å². The predicted octanol–water partition coefficient (Wildman–Crippen LogP) is 4.86. The van der Waals surface area contributed by atoms with Crippen LogP contribution in [0, 0.1) is 6.92 Å². The van der Waals surface area contributed by atoms with Gasteiger partial charge in [-0.1, -0.05) is 27.6 Å². The second-order valence-corrected chi connectivity index (χ2v) is 7.33. The van der Waals surface area contributed by atoms with Crippen molar-refractivity contribution in [1.82, 2.24) is 4.98 Å². The van der Waals surface area contributed by atoms with Crippen LogP contribution in [0.1, 0.15) is 21.5 Å². The molecule has 2 heterocycles. The molecule has 0 aliphatic heterocycles. The largest absolute Gasteiger partial charge is 0.507 e. The SMILES string of the molecule is Cc1ccc(O)c(C(=O)c2ccc(-c3cc4cc(Br)ccc4oc3=O)nc2)c1. The Hall–Kier alpha value is -3.25. The molecule has 4 aromatic rings. The van der Waals surface area contributed by atoms with E-state index < -0.39 is 5.63 Å². The van der Waals surface area contributed by atoms with Crippen molar-refractivity contribution in [2.75, 3.05) is 0 Å². The van der Waals surface area contributed by atoms with E-state index >= 15 is 0 Å². The van der Waals surface area contributed by atoms with E-state index in [0.717, 1.165) is 15.4 Å². The van der Waals surface area contributed by atoms with Gasteiger partial charge in [0, 0.05) is 21.6 Å². The number of aromatic nitrogens is 1. The Morgan fingerprint density at radius 3 is 2.64 bits per heavy atom. The Morgan fingerprint density at radius 1 is 1.07 bits per heavy atom. The maximum absolute atomic E-state index is 12.7. The van der Waals surface area contributed by atoms with Crippen LogP contribution >= 0.6 is 15.9 Å². The minimum absolute atomic E-state index is 0.0829. The summed E-state index contributed by atoms with van der Waals surface area (Å²) in [4.78, 5) is 29.2. The zero-order chi connectivity index (χ0) is 19.8. The minimum atomic E-state index is -0.502. The number of benzene rings is 2. The van der Waals surface area contributed by atoms with Gasteiger partial charge in [0.1, 0.15) is 11.3 Å². The number of hydrogen-bond donors (Lipinski definition) is 1. The van der Waals surface area contributed by atoms with Gasteiger partial charge in [0.2, 0.25) is 0 Å². The molecule has 138 valence electrons. The van der Waals surface area contributed by atoms with E-state index in [4.69, 9.17) is 4.42 Å². The van der Waals surface area contributed by atoms with Crippen molar-refractivity contribution in [2.45, 2.75) is 6.92 Å². The Labute approximate surface area is 168 Å². The van der Waals surface area contributed by atoms with Gasteiger partial charge in [-0.15, -0.1) is 0 Å². The summed E-state index contributed by atoms with van der Waals surface area (Å²) in [7, 11) is 0. The summed E-state index contributed by atoms with van der Waals surface area (Å²) in [6.07, 6.45) is 1.39. The lowest BCUT2D eigenvalue weighted by atomic mass is 10.0. The van der Waals surface area contributed by atoms with Crippen molar-refractivity contribution in [3.05, 3.63) is 92.4 Å². The number of fused-ring (bicyclic) bond motifs is 1. The van der Waals surface area contributed by atoms with Crippen LogP contribution in [0.3, 0.4) is 0 Å². The second-order valence-electron chi connectivity index (χ2n) is 6.41. The van der Waals surface area contributed by atoms with Gasteiger partial charge >= 0.3 is 5.63 Å². The molecule has 0 amide bonds. The number of carbonyl (C=O) groups excluding carboxylic acids is 1. The van der Waals surface area contributed by atoms with Gasteiger partial charge in [0.05, 0.1) is 16.8 Å². The van der Waals surface area contributed by atoms with Crippen LogP contribution in [0.25, 0.3) is 22.2 Å². The van der Waals surface area contributed by atoms with Crippen molar-refractivity contribution >= 4 is 32.7 Å². The highest BCUT2D eigenvalue weighted by atomic mass is 79.9. The second kappa shape index (κ2) is 7.05. The van der Waals surface area contributed by atoms with E-state index in [9.17, 15) is 14.7 Å². The lowest BCUT2D eigenvalue weighted by Crippen LogP contribution is -2.06. The number of pyridine rings is 1. The number of carbonyl (C=O) groups is 1. The quantitative estimate of drug-likeness (QED) is 0.367. The zero-order valence-corrected chi connectivity index (χ0v) is 16.4. The van der Waals surface area contributed by atoms with Crippen LogP contribution in [0.2, 0.25) is 0 Å². The van der Waals surface area contributed by atoms with E-state index in [2.05, 4.69) is 20.9 Å². The number of aromatic hydroxyl groups is 1. The normalized spacial score (nSPS) is 10.9. The van der Waals surface area contributed by atoms with Crippen molar-refractivity contribution < 1.29 is 14.3 Å². The Balaban J connectivity index is 1.73. The third-order valence-corrected chi connectivity index (χ3v) is 4.89. The molecule has 0 radical (unpaired) electrons. The number of halogens is 1. The number of ketones is 1. The average molecular weight is 436 g/mol. The average Bonchev–Trinajstić information content (AvgIpc) is 2.69. The summed E-state index contributed by atoms with van der Waals surface area (Å²) >= 11 is 3.40. The van der Waals surface area contributed by atoms with Gasteiger partial charge in [-0.25, -0.2) is 4.79 Å². The van der Waals surface area contributed by atoms with E-state index in [-0.39, 0.29) is 17.1 Å². The van der Waals surface area contributed by atoms with Crippen LogP contribution in [0.5, 0.6) is 5.75 Å². The highest BCUT2D eigenvalue weighted by molar-refractivity contribution is 9.10. The van der Waals surface area contributed by atoms with E-state index in [1.165, 1.54) is 12.3 Å². The molecule has 0 spiro atoms. The first-order chi connectivity index (χ1) is 13.4. The van der Waals surface area contributed by atoms with Gasteiger partial charge in [-0.2, -0.15) is 0 Å². The molecule has 1 N–H and O–H groups in total. The van der Waals surface area contributed by atoms with Gasteiger partial charge in [-0.3, -0.25) is 9.78 Å². The molecule has 0 atom stereocenters. The first-order valence-corrected chi connectivity index (χ1v) is 9.26. The molecule has 4 rings (SSSR count). The molecule has 0 aliphatic rings. The Bertz CT molecular complexity index is 1280. The van der Waals surface area contributed by atoms with Crippen LogP contribution in [0.4, 0.5) is 0 Å². The smallest absolute Gasteiger partial charge is 0.345 e. The van der Waals surface area contributed by atoms with Gasteiger partial charge < -0.3 is 9.52 Å². The molecule has 0 saturated heterocycles. The van der Waals surface area contributed by atoms with Crippen molar-refractivity contribution in [3.8, 4) is 17.0 Å². The number of aryl methyl sites for hydroxylation is 1. The van der Waals surface area contributed by atoms with Crippen molar-refractivity contribution in [3.63, 3.8) is 0 Å². The van der Waals surface area contributed by atoms with Gasteiger partial charge in [0.15, 0.2) is 5.78 Å². The minimum Gasteiger partial charge on any atom is -0.507 e. The molecule has 0 bridgehead atoms. The number of hydrogen-bond acceptors (Lipinski definition) is 5. The van der Waals surface area contributed by atoms with E-state index in [1.54, 1.807) is 42.5 Å². The first-order valence-electron chi connectivity index (χ1n) is 8.46. The number of rotatable bonds is 3. The molecule has 0 aliphatic carbocycles. The maximum atomic E-state index is 12.7. The first kappa shape index (κ1) is 18.1. The molecule has 0 fully saturated rings. The fourth-order valence-electron chi connectivity index (χ4n) is 2.95. The Morgan fingerprint density at radius 2 is 1.89 bits per heavy atom. The molecule has 5 nitrogen and oxygen atoms in total. The van der Waals surface area contributed by atoms with Crippen molar-refractivity contribution in [1.29, 1.82) is 0 Å². The molecule has 2 aromatic carbocycles. The summed E-state index contributed by atoms with van der Waals surface area (Å²) in [6, 6.07) is 15.1. The van der Waals surface area contributed by atoms with Crippen LogP contribution in [-0.4, -0.2) is 15.9 Å². The highest BCUT2D eigenvalue weighted by Crippen LogP contribution is 2.25. The third-order valence-electron chi connectivity index (χ3n) is 4.39. The number of nitrogens with zero attached hydrogens (tertiary/aromatic N) is 1. The van der Waals surface area contributed by atoms with Crippen LogP contribution < -0.4 is 5.63 Å². The molecule has 0 unspecified atom stereocenters. The molecule has 0 saturated carbocycles. The lowest BCUT2D eigenvalue weighted by molar-refractivity contribution is 0.103. The lowest BCUT2D eigenvalue weighted by Gasteiger charge is -2.06. The maximum Gasteiger partial charge on any atom is 0.345 e. The summed E-state index contributed by atoms with van der Waals surface area (Å²) < 4.78 is 6.23. The summed E-state index contributed by atoms with van der Waals surface area (Å²) in [6.45, 7) is 1.84. The molecule has 28 heavy (non-hydrogen) atoms. The molecule has 2 aromatic heterocycles. The fraction of sp³-hybridized carbons (Fsp3) is 0.0455. The zero-order valence-electron chi connectivity index (χ0n) is 14.8. The molecular formula is C22H14BrNO4. The third kappa shape index (κ3) is 3.34. The number of phenolic OH excluding ortho intramolecular Hbond substituents is 1. The molecular weight excluding hydrogens is 422 g/mol. The summed E-state index contributed by atoms with van der Waals surface area (Å²) in [5.41, 5.74) is 2.09. The highest BCUT2D eigenvalue weighted by Gasteiger charge is 2.15. The van der Waals surface area contributed by atoms with Gasteiger partial charge in [-0.05, 0) is 55.5 Å². The predicted molar refractivity (Wildman–Crippen MR) is 110 cm³/mol. The topological polar surface area (TPSA) is 80.4 Å². The van der Waals surface area contributed by atoms with Crippen LogP contribution in [-0.2, 0) is 0 Å². The number of phenols is 1.